The van der Waals surface area contributed by atoms with Gasteiger partial charge in [0.05, 0.1) is 23.8 Å². The van der Waals surface area contributed by atoms with Crippen LogP contribution >= 0.6 is 11.6 Å². The molecule has 2 aromatic rings. The normalized spacial score (nSPS) is 18.0. The van der Waals surface area contributed by atoms with Gasteiger partial charge in [-0.25, -0.2) is 14.2 Å². The van der Waals surface area contributed by atoms with Crippen LogP contribution in [0.25, 0.3) is 0 Å². The summed E-state index contributed by atoms with van der Waals surface area (Å²) in [6.07, 6.45) is -0.0311. The van der Waals surface area contributed by atoms with Crippen LogP contribution in [0, 0.1) is 11.2 Å². The molecule has 0 bridgehead atoms. The van der Waals surface area contributed by atoms with Gasteiger partial charge in [0.2, 0.25) is 5.91 Å². The van der Waals surface area contributed by atoms with E-state index in [1.54, 1.807) is 9.58 Å². The van der Waals surface area contributed by atoms with Crippen LogP contribution in [0.1, 0.15) is 42.5 Å². The molecular weight excluding hydrogens is 479 g/mol. The molecule has 0 saturated heterocycles. The van der Waals surface area contributed by atoms with Crippen molar-refractivity contribution in [3.63, 3.8) is 0 Å². The quantitative estimate of drug-likeness (QED) is 0.665. The minimum Gasteiger partial charge on any atom is -0.353 e. The summed E-state index contributed by atoms with van der Waals surface area (Å²) in [6.45, 7) is 6.51. The molecule has 4 amide bonds. The smallest absolute Gasteiger partial charge is 0.322 e. The van der Waals surface area contributed by atoms with Crippen LogP contribution in [0.15, 0.2) is 18.2 Å². The van der Waals surface area contributed by atoms with Gasteiger partial charge >= 0.3 is 6.03 Å². The number of nitrogens with zero attached hydrogens (tertiary/aromatic N) is 4. The van der Waals surface area contributed by atoms with Crippen molar-refractivity contribution in [2.75, 3.05) is 25.5 Å². The molecule has 0 radical (unpaired) electrons. The molecule has 1 atom stereocenters. The van der Waals surface area contributed by atoms with Crippen molar-refractivity contribution < 1.29 is 23.6 Å². The Morgan fingerprint density at radius 2 is 2.06 bits per heavy atom. The Hall–Kier alpha value is -3.18. The highest BCUT2D eigenvalue weighted by atomic mass is 35.5. The fourth-order valence-electron chi connectivity index (χ4n) is 3.97. The minimum atomic E-state index is -0.573. The SMILES string of the molecule is CN1OC(CNC(=O)C(C)(C)C)Cn2nc3c(c2C1=O)CN(C(=O)Nc1ccc(F)c(Cl)c1)CC3. The Kier molecular flexibility index (Phi) is 6.74. The van der Waals surface area contributed by atoms with Crippen molar-refractivity contribution >= 4 is 35.1 Å². The average molecular weight is 507 g/mol. The Morgan fingerprint density at radius 1 is 1.31 bits per heavy atom. The van der Waals surface area contributed by atoms with Crippen molar-refractivity contribution in [2.24, 2.45) is 5.41 Å². The number of nitrogens with one attached hydrogen (secondary N) is 2. The van der Waals surface area contributed by atoms with Crippen molar-refractivity contribution in [3.8, 4) is 0 Å². The summed E-state index contributed by atoms with van der Waals surface area (Å²) in [5.74, 6) is -1.07. The number of halogens is 2. The highest BCUT2D eigenvalue weighted by Gasteiger charge is 2.36. The zero-order valence-corrected chi connectivity index (χ0v) is 20.8. The first kappa shape index (κ1) is 24.9. The second-order valence-corrected chi connectivity index (χ2v) is 10.1. The van der Waals surface area contributed by atoms with E-state index in [0.29, 0.717) is 29.9 Å². The van der Waals surface area contributed by atoms with Gasteiger partial charge in [-0.05, 0) is 18.2 Å². The highest BCUT2D eigenvalue weighted by molar-refractivity contribution is 6.31. The number of hydrogen-bond donors (Lipinski definition) is 2. The minimum absolute atomic E-state index is 0.0902. The maximum Gasteiger partial charge on any atom is 0.322 e. The lowest BCUT2D eigenvalue weighted by atomic mass is 9.96. The van der Waals surface area contributed by atoms with Crippen molar-refractivity contribution in [1.82, 2.24) is 25.1 Å². The van der Waals surface area contributed by atoms with E-state index in [0.717, 1.165) is 10.8 Å². The molecule has 0 fully saturated rings. The fourth-order valence-corrected chi connectivity index (χ4v) is 4.15. The molecule has 10 nitrogen and oxygen atoms in total. The Labute approximate surface area is 207 Å². The number of anilines is 1. The standard InChI is InChI=1S/C23H28ClFN6O4/c1-23(2,3)21(33)26-10-14-11-31-19(20(32)29(4)35-14)15-12-30(8-7-18(15)28-31)22(34)27-13-5-6-17(25)16(24)9-13/h5-6,9,14H,7-8,10-12H2,1-4H3,(H,26,33)(H,27,34). The molecule has 2 N–H and O–H groups in total. The zero-order chi connectivity index (χ0) is 25.5. The molecule has 3 heterocycles. The van der Waals surface area contributed by atoms with Gasteiger partial charge in [0.25, 0.3) is 5.91 Å². The topological polar surface area (TPSA) is 109 Å². The predicted molar refractivity (Wildman–Crippen MR) is 126 cm³/mol. The van der Waals surface area contributed by atoms with Crippen molar-refractivity contribution in [3.05, 3.63) is 46.0 Å². The molecule has 35 heavy (non-hydrogen) atoms. The van der Waals surface area contributed by atoms with Gasteiger partial charge in [-0.3, -0.25) is 19.1 Å². The Morgan fingerprint density at radius 3 is 2.74 bits per heavy atom. The van der Waals surface area contributed by atoms with Crippen LogP contribution in [0.4, 0.5) is 14.9 Å². The fraction of sp³-hybridized carbons (Fsp3) is 0.478. The van der Waals surface area contributed by atoms with E-state index in [2.05, 4.69) is 15.7 Å². The first-order valence-corrected chi connectivity index (χ1v) is 11.6. The first-order valence-electron chi connectivity index (χ1n) is 11.3. The third-order valence-corrected chi connectivity index (χ3v) is 6.19. The molecule has 188 valence electrons. The molecule has 0 aliphatic carbocycles. The van der Waals surface area contributed by atoms with Crippen LogP contribution in [0.5, 0.6) is 0 Å². The molecule has 0 saturated carbocycles. The van der Waals surface area contributed by atoms with Gasteiger partial charge in [0.15, 0.2) is 0 Å². The maximum absolute atomic E-state index is 13.4. The number of amides is 4. The Balaban J connectivity index is 1.50. The molecule has 4 rings (SSSR count). The van der Waals surface area contributed by atoms with Gasteiger partial charge in [0.1, 0.15) is 17.6 Å². The molecule has 12 heteroatoms. The van der Waals surface area contributed by atoms with Gasteiger partial charge in [0, 0.05) is 43.2 Å². The molecule has 1 aromatic carbocycles. The molecular formula is C23H28ClFN6O4. The van der Waals surface area contributed by atoms with E-state index >= 15 is 0 Å². The summed E-state index contributed by atoms with van der Waals surface area (Å²) in [5, 5.41) is 11.3. The number of urea groups is 1. The summed E-state index contributed by atoms with van der Waals surface area (Å²) < 4.78 is 15.0. The van der Waals surface area contributed by atoms with E-state index in [1.165, 1.54) is 25.2 Å². The van der Waals surface area contributed by atoms with E-state index in [4.69, 9.17) is 16.4 Å². The van der Waals surface area contributed by atoms with Crippen LogP contribution < -0.4 is 10.6 Å². The molecule has 1 unspecified atom stereocenters. The van der Waals surface area contributed by atoms with E-state index < -0.39 is 23.4 Å². The zero-order valence-electron chi connectivity index (χ0n) is 20.0. The van der Waals surface area contributed by atoms with Gasteiger partial charge in [-0.2, -0.15) is 5.10 Å². The number of benzene rings is 1. The van der Waals surface area contributed by atoms with Gasteiger partial charge in [-0.15, -0.1) is 0 Å². The number of fused-ring (bicyclic) bond motifs is 3. The van der Waals surface area contributed by atoms with Crippen molar-refractivity contribution in [1.29, 1.82) is 0 Å². The van der Waals surface area contributed by atoms with E-state index in [9.17, 15) is 18.8 Å². The summed E-state index contributed by atoms with van der Waals surface area (Å²) in [5.41, 5.74) is 1.57. The number of carbonyl (C=O) groups is 3. The van der Waals surface area contributed by atoms with E-state index in [1.807, 2.05) is 20.8 Å². The third-order valence-electron chi connectivity index (χ3n) is 5.90. The largest absolute Gasteiger partial charge is 0.353 e. The molecule has 2 aliphatic heterocycles. The number of hydroxylamine groups is 2. The second-order valence-electron chi connectivity index (χ2n) is 9.68. The monoisotopic (exact) mass is 506 g/mol. The highest BCUT2D eigenvalue weighted by Crippen LogP contribution is 2.27. The predicted octanol–water partition coefficient (Wildman–Crippen LogP) is 2.81. The number of carbonyl (C=O) groups excluding carboxylic acids is 3. The lowest BCUT2D eigenvalue weighted by Gasteiger charge is -2.27. The maximum atomic E-state index is 13.4. The lowest BCUT2D eigenvalue weighted by molar-refractivity contribution is -0.150. The summed E-state index contributed by atoms with van der Waals surface area (Å²) in [4.78, 5) is 45.6. The number of rotatable bonds is 3. The summed E-state index contributed by atoms with van der Waals surface area (Å²) in [6, 6.07) is 3.55. The van der Waals surface area contributed by atoms with E-state index in [-0.39, 0.29) is 36.5 Å². The van der Waals surface area contributed by atoms with Crippen LogP contribution in [-0.4, -0.2) is 63.8 Å². The molecule has 2 aliphatic rings. The lowest BCUT2D eigenvalue weighted by Crippen LogP contribution is -2.43. The van der Waals surface area contributed by atoms with Crippen LogP contribution in [0.3, 0.4) is 0 Å². The number of aromatic nitrogens is 2. The summed E-state index contributed by atoms with van der Waals surface area (Å²) in [7, 11) is 1.52. The molecule has 0 spiro atoms. The van der Waals surface area contributed by atoms with Gasteiger partial charge < -0.3 is 15.5 Å². The Bertz CT molecular complexity index is 1180. The second kappa shape index (κ2) is 9.46. The average Bonchev–Trinajstić information content (AvgIpc) is 3.09. The first-order chi connectivity index (χ1) is 16.4. The summed E-state index contributed by atoms with van der Waals surface area (Å²) >= 11 is 5.81. The van der Waals surface area contributed by atoms with Crippen molar-refractivity contribution in [2.45, 2.75) is 46.4 Å². The van der Waals surface area contributed by atoms with Gasteiger partial charge in [-0.1, -0.05) is 32.4 Å². The molecule has 1 aromatic heterocycles. The third kappa shape index (κ3) is 5.25. The van der Waals surface area contributed by atoms with Crippen LogP contribution in [-0.2, 0) is 29.1 Å². The number of hydrogen-bond acceptors (Lipinski definition) is 5. The van der Waals surface area contributed by atoms with Crippen LogP contribution in [0.2, 0.25) is 5.02 Å².